The second kappa shape index (κ2) is 5.09. The first-order chi connectivity index (χ1) is 7.97. The zero-order valence-corrected chi connectivity index (χ0v) is 12.3. The van der Waals surface area contributed by atoms with Gasteiger partial charge in [0.2, 0.25) is 0 Å². The van der Waals surface area contributed by atoms with E-state index < -0.39 is 0 Å². The summed E-state index contributed by atoms with van der Waals surface area (Å²) in [6, 6.07) is 6.51. The molecule has 2 nitrogen and oxygen atoms in total. The smallest absolute Gasteiger partial charge is 0.0352 e. The molecule has 2 N–H and O–H groups in total. The van der Waals surface area contributed by atoms with Gasteiger partial charge in [-0.2, -0.15) is 0 Å². The minimum Gasteiger partial charge on any atom is -0.322 e. The van der Waals surface area contributed by atoms with Crippen LogP contribution in [-0.4, -0.2) is 18.0 Å². The SMILES string of the molecule is CC(C)(N)c1ccc(CN2CCCC2)c(Br)c1. The van der Waals surface area contributed by atoms with Crippen molar-refractivity contribution in [3.05, 3.63) is 33.8 Å². The second-order valence-electron chi connectivity index (χ2n) is 5.51. The van der Waals surface area contributed by atoms with E-state index >= 15 is 0 Å². The Morgan fingerprint density at radius 1 is 1.29 bits per heavy atom. The maximum Gasteiger partial charge on any atom is 0.0352 e. The molecule has 1 aliphatic rings. The van der Waals surface area contributed by atoms with Crippen LogP contribution in [0.4, 0.5) is 0 Å². The van der Waals surface area contributed by atoms with Crippen molar-refractivity contribution in [2.45, 2.75) is 38.8 Å². The lowest BCUT2D eigenvalue weighted by atomic mass is 9.95. The lowest BCUT2D eigenvalue weighted by Crippen LogP contribution is -2.28. The monoisotopic (exact) mass is 296 g/mol. The summed E-state index contributed by atoms with van der Waals surface area (Å²) in [5, 5.41) is 0. The Balaban J connectivity index is 2.14. The molecule has 1 saturated heterocycles. The Hall–Kier alpha value is -0.380. The first-order valence-corrected chi connectivity index (χ1v) is 7.06. The van der Waals surface area contributed by atoms with Crippen LogP contribution >= 0.6 is 15.9 Å². The van der Waals surface area contributed by atoms with Gasteiger partial charge in [0.25, 0.3) is 0 Å². The van der Waals surface area contributed by atoms with Crippen LogP contribution in [0.1, 0.15) is 37.8 Å². The average Bonchev–Trinajstić information content (AvgIpc) is 2.72. The molecule has 1 heterocycles. The van der Waals surface area contributed by atoms with E-state index in [1.165, 1.54) is 41.5 Å². The summed E-state index contributed by atoms with van der Waals surface area (Å²) in [6.07, 6.45) is 2.68. The lowest BCUT2D eigenvalue weighted by molar-refractivity contribution is 0.330. The van der Waals surface area contributed by atoms with Gasteiger partial charge in [0.15, 0.2) is 0 Å². The molecule has 1 aromatic rings. The summed E-state index contributed by atoms with van der Waals surface area (Å²) >= 11 is 3.66. The minimum absolute atomic E-state index is 0.269. The first kappa shape index (κ1) is 13.1. The Morgan fingerprint density at radius 2 is 1.94 bits per heavy atom. The van der Waals surface area contributed by atoms with Crippen LogP contribution in [0, 0.1) is 0 Å². The van der Waals surface area contributed by atoms with Crippen LogP contribution in [-0.2, 0) is 12.1 Å². The molecule has 0 radical (unpaired) electrons. The van der Waals surface area contributed by atoms with E-state index in [-0.39, 0.29) is 5.54 Å². The maximum absolute atomic E-state index is 6.11. The number of hydrogen-bond donors (Lipinski definition) is 1. The summed E-state index contributed by atoms with van der Waals surface area (Å²) in [4.78, 5) is 2.51. The molecule has 1 aliphatic heterocycles. The van der Waals surface area contributed by atoms with Gasteiger partial charge in [-0.1, -0.05) is 28.1 Å². The second-order valence-corrected chi connectivity index (χ2v) is 6.37. The fraction of sp³-hybridized carbons (Fsp3) is 0.571. The van der Waals surface area contributed by atoms with E-state index in [1.54, 1.807) is 0 Å². The molecular weight excluding hydrogens is 276 g/mol. The van der Waals surface area contributed by atoms with Crippen molar-refractivity contribution in [2.75, 3.05) is 13.1 Å². The lowest BCUT2D eigenvalue weighted by Gasteiger charge is -2.21. The molecule has 0 atom stereocenters. The van der Waals surface area contributed by atoms with Gasteiger partial charge in [0, 0.05) is 16.6 Å². The summed E-state index contributed by atoms with van der Waals surface area (Å²) in [5.74, 6) is 0. The molecule has 3 heteroatoms. The number of benzene rings is 1. The van der Waals surface area contributed by atoms with E-state index in [0.717, 1.165) is 6.54 Å². The summed E-state index contributed by atoms with van der Waals surface area (Å²) in [7, 11) is 0. The van der Waals surface area contributed by atoms with Gasteiger partial charge in [-0.25, -0.2) is 0 Å². The largest absolute Gasteiger partial charge is 0.322 e. The quantitative estimate of drug-likeness (QED) is 0.928. The van der Waals surface area contributed by atoms with Gasteiger partial charge in [0.1, 0.15) is 0 Å². The van der Waals surface area contributed by atoms with Crippen molar-refractivity contribution in [1.29, 1.82) is 0 Å². The van der Waals surface area contributed by atoms with Gasteiger partial charge in [-0.05, 0) is 57.0 Å². The van der Waals surface area contributed by atoms with Gasteiger partial charge >= 0.3 is 0 Å². The Bertz CT molecular complexity index is 390. The average molecular weight is 297 g/mol. The van der Waals surface area contributed by atoms with Crippen LogP contribution in [0.5, 0.6) is 0 Å². The van der Waals surface area contributed by atoms with Crippen molar-refractivity contribution in [3.8, 4) is 0 Å². The molecule has 0 aliphatic carbocycles. The van der Waals surface area contributed by atoms with Crippen LogP contribution < -0.4 is 5.73 Å². The number of hydrogen-bond acceptors (Lipinski definition) is 2. The van der Waals surface area contributed by atoms with Crippen molar-refractivity contribution >= 4 is 15.9 Å². The predicted octanol–water partition coefficient (Wildman–Crippen LogP) is 3.24. The zero-order valence-electron chi connectivity index (χ0n) is 10.7. The topological polar surface area (TPSA) is 29.3 Å². The predicted molar refractivity (Wildman–Crippen MR) is 75.9 cm³/mol. The molecule has 1 fully saturated rings. The van der Waals surface area contributed by atoms with Gasteiger partial charge in [-0.15, -0.1) is 0 Å². The number of halogens is 1. The zero-order chi connectivity index (χ0) is 12.5. The summed E-state index contributed by atoms with van der Waals surface area (Å²) in [5.41, 5.74) is 8.38. The van der Waals surface area contributed by atoms with E-state index in [4.69, 9.17) is 5.73 Å². The molecule has 0 amide bonds. The van der Waals surface area contributed by atoms with Gasteiger partial charge in [0.05, 0.1) is 0 Å². The molecule has 0 spiro atoms. The standard InChI is InChI=1S/C14H21BrN2/c1-14(2,16)12-6-5-11(13(15)9-12)10-17-7-3-4-8-17/h5-6,9H,3-4,7-8,10,16H2,1-2H3. The molecular formula is C14H21BrN2. The highest BCUT2D eigenvalue weighted by atomic mass is 79.9. The van der Waals surface area contributed by atoms with Crippen molar-refractivity contribution in [3.63, 3.8) is 0 Å². The summed E-state index contributed by atoms with van der Waals surface area (Å²) < 4.78 is 1.18. The molecule has 94 valence electrons. The minimum atomic E-state index is -0.269. The highest BCUT2D eigenvalue weighted by Crippen LogP contribution is 2.26. The molecule has 0 unspecified atom stereocenters. The molecule has 17 heavy (non-hydrogen) atoms. The Labute approximate surface area is 112 Å². The van der Waals surface area contributed by atoms with E-state index in [1.807, 2.05) is 13.8 Å². The number of likely N-dealkylation sites (tertiary alicyclic amines) is 1. The molecule has 0 aromatic heterocycles. The highest BCUT2D eigenvalue weighted by molar-refractivity contribution is 9.10. The van der Waals surface area contributed by atoms with E-state index in [9.17, 15) is 0 Å². The van der Waals surface area contributed by atoms with E-state index in [2.05, 4.69) is 39.0 Å². The van der Waals surface area contributed by atoms with Crippen LogP contribution in [0.2, 0.25) is 0 Å². The van der Waals surface area contributed by atoms with Crippen LogP contribution in [0.15, 0.2) is 22.7 Å². The van der Waals surface area contributed by atoms with Crippen molar-refractivity contribution < 1.29 is 0 Å². The van der Waals surface area contributed by atoms with Crippen molar-refractivity contribution in [2.24, 2.45) is 5.73 Å². The fourth-order valence-corrected chi connectivity index (χ4v) is 2.76. The van der Waals surface area contributed by atoms with Crippen LogP contribution in [0.3, 0.4) is 0 Å². The Kier molecular flexibility index (Phi) is 3.91. The third kappa shape index (κ3) is 3.30. The van der Waals surface area contributed by atoms with Crippen LogP contribution in [0.25, 0.3) is 0 Å². The van der Waals surface area contributed by atoms with E-state index in [0.29, 0.717) is 0 Å². The molecule has 0 saturated carbocycles. The first-order valence-electron chi connectivity index (χ1n) is 6.27. The van der Waals surface area contributed by atoms with Gasteiger partial charge in [-0.3, -0.25) is 4.90 Å². The highest BCUT2D eigenvalue weighted by Gasteiger charge is 2.17. The normalized spacial score (nSPS) is 17.6. The molecule has 0 bridgehead atoms. The molecule has 2 rings (SSSR count). The third-order valence-electron chi connectivity index (χ3n) is 3.39. The molecule has 1 aromatic carbocycles. The number of nitrogens with zero attached hydrogens (tertiary/aromatic N) is 1. The van der Waals surface area contributed by atoms with Crippen molar-refractivity contribution in [1.82, 2.24) is 4.90 Å². The number of rotatable bonds is 3. The fourth-order valence-electron chi connectivity index (χ4n) is 2.26. The number of nitrogens with two attached hydrogens (primary N) is 1. The summed E-state index contributed by atoms with van der Waals surface area (Å²) in [6.45, 7) is 7.59. The third-order valence-corrected chi connectivity index (χ3v) is 4.13. The Morgan fingerprint density at radius 3 is 2.47 bits per heavy atom. The van der Waals surface area contributed by atoms with Gasteiger partial charge < -0.3 is 5.73 Å². The maximum atomic E-state index is 6.11.